The summed E-state index contributed by atoms with van der Waals surface area (Å²) in [7, 11) is 1.77. The normalized spacial score (nSPS) is 27.0. The first kappa shape index (κ1) is 22.1. The molecule has 5 rings (SSSR count). The average Bonchev–Trinajstić information content (AvgIpc) is 3.57. The van der Waals surface area contributed by atoms with E-state index in [1.165, 1.54) is 17.4 Å². The number of hydrogen-bond acceptors (Lipinski definition) is 4. The number of hydrogen-bond donors (Lipinski definition) is 3. The maximum Gasteiger partial charge on any atom is 0.245 e. The maximum atomic E-state index is 14.0. The molecule has 0 bridgehead atoms. The van der Waals surface area contributed by atoms with Crippen molar-refractivity contribution < 1.29 is 9.59 Å². The van der Waals surface area contributed by atoms with Crippen molar-refractivity contribution in [1.82, 2.24) is 20.5 Å². The number of aromatic nitrogens is 1. The Balaban J connectivity index is 1.42. The first-order valence-electron chi connectivity index (χ1n) is 12.5. The molecule has 1 saturated carbocycles. The largest absolute Gasteiger partial charge is 0.361 e. The number of para-hydroxylation sites is 1. The second kappa shape index (κ2) is 9.29. The van der Waals surface area contributed by atoms with Crippen molar-refractivity contribution in [3.63, 3.8) is 0 Å². The molecule has 2 aliphatic heterocycles. The number of carbonyl (C=O) groups excluding carboxylic acids is 2. The number of carbonyl (C=O) groups is 2. The van der Waals surface area contributed by atoms with Crippen LogP contribution < -0.4 is 10.6 Å². The molecule has 1 unspecified atom stereocenters. The van der Waals surface area contributed by atoms with E-state index in [0.717, 1.165) is 37.6 Å². The molecular formula is C26H35N5O2. The van der Waals surface area contributed by atoms with E-state index in [9.17, 15) is 9.59 Å². The Morgan fingerprint density at radius 1 is 1.15 bits per heavy atom. The summed E-state index contributed by atoms with van der Waals surface area (Å²) < 4.78 is 0. The molecule has 7 nitrogen and oxygen atoms in total. The molecule has 1 aliphatic carbocycles. The van der Waals surface area contributed by atoms with Gasteiger partial charge in [0.05, 0.1) is 18.1 Å². The van der Waals surface area contributed by atoms with E-state index in [0.29, 0.717) is 6.54 Å². The van der Waals surface area contributed by atoms with Crippen LogP contribution in [0.25, 0.3) is 10.9 Å². The van der Waals surface area contributed by atoms with Gasteiger partial charge in [-0.3, -0.25) is 14.6 Å². The van der Waals surface area contributed by atoms with Crippen LogP contribution in [0.5, 0.6) is 0 Å². The summed E-state index contributed by atoms with van der Waals surface area (Å²) in [4.78, 5) is 37.1. The van der Waals surface area contributed by atoms with E-state index < -0.39 is 6.04 Å². The van der Waals surface area contributed by atoms with Gasteiger partial charge < -0.3 is 20.5 Å². The van der Waals surface area contributed by atoms with Crippen LogP contribution >= 0.6 is 0 Å². The van der Waals surface area contributed by atoms with Gasteiger partial charge in [0, 0.05) is 35.8 Å². The summed E-state index contributed by atoms with van der Waals surface area (Å²) in [5.41, 5.74) is 2.30. The highest BCUT2D eigenvalue weighted by Crippen LogP contribution is 2.40. The molecule has 3 aliphatic rings. The van der Waals surface area contributed by atoms with Crippen LogP contribution in [0.4, 0.5) is 0 Å². The summed E-state index contributed by atoms with van der Waals surface area (Å²) in [6, 6.07) is 7.65. The lowest BCUT2D eigenvalue weighted by atomic mass is 9.82. The lowest BCUT2D eigenvalue weighted by molar-refractivity contribution is -0.139. The Kier molecular flexibility index (Phi) is 6.23. The highest BCUT2D eigenvalue weighted by Gasteiger charge is 2.48. The van der Waals surface area contributed by atoms with Gasteiger partial charge in [-0.05, 0) is 50.8 Å². The molecule has 0 spiro atoms. The zero-order valence-corrected chi connectivity index (χ0v) is 19.6. The third kappa shape index (κ3) is 4.07. The minimum Gasteiger partial charge on any atom is -0.361 e. The number of amides is 2. The zero-order chi connectivity index (χ0) is 22.9. The standard InChI is InChI=1S/C26H35N5O2/c1-16(27-2)25(32)30-23(17-8-4-3-5-9-17)26(33)31-13-12-22-24(31)20(15-29-22)19-14-28-21-11-7-6-10-18(19)21/h6-7,10-11,14-17,20,22-24,27-28H,3-5,8-9,12-13H2,1-2H3,(H,30,32)/t16-,20?,22+,23-,24+/m0/s1. The van der Waals surface area contributed by atoms with Crippen LogP contribution in [0, 0.1) is 5.92 Å². The number of benzene rings is 1. The summed E-state index contributed by atoms with van der Waals surface area (Å²) in [5, 5.41) is 7.32. The van der Waals surface area contributed by atoms with Crippen LogP contribution in [-0.2, 0) is 9.59 Å². The molecule has 0 radical (unpaired) electrons. The van der Waals surface area contributed by atoms with Crippen molar-refractivity contribution in [1.29, 1.82) is 0 Å². The predicted molar refractivity (Wildman–Crippen MR) is 130 cm³/mol. The van der Waals surface area contributed by atoms with Crippen LogP contribution in [0.3, 0.4) is 0 Å². The zero-order valence-electron chi connectivity index (χ0n) is 19.6. The molecule has 1 saturated heterocycles. The number of likely N-dealkylation sites (N-methyl/N-ethyl adjacent to an activating group) is 1. The molecule has 5 atom stereocenters. The third-order valence-electron chi connectivity index (χ3n) is 8.00. The van der Waals surface area contributed by atoms with Gasteiger partial charge in [-0.25, -0.2) is 0 Å². The Bertz CT molecular complexity index is 1040. The maximum absolute atomic E-state index is 14.0. The van der Waals surface area contributed by atoms with Crippen molar-refractivity contribution in [2.24, 2.45) is 10.9 Å². The van der Waals surface area contributed by atoms with Crippen molar-refractivity contribution in [3.05, 3.63) is 36.0 Å². The van der Waals surface area contributed by atoms with Gasteiger partial charge in [0.15, 0.2) is 0 Å². The predicted octanol–water partition coefficient (Wildman–Crippen LogP) is 2.98. The second-order valence-corrected chi connectivity index (χ2v) is 9.89. The minimum absolute atomic E-state index is 0.0152. The summed E-state index contributed by atoms with van der Waals surface area (Å²) >= 11 is 0. The number of nitrogens with zero attached hydrogens (tertiary/aromatic N) is 2. The number of aromatic amines is 1. The fraction of sp³-hybridized carbons (Fsp3) is 0.577. The molecule has 1 aromatic heterocycles. The van der Waals surface area contributed by atoms with Crippen LogP contribution in [-0.4, -0.2) is 65.7 Å². The molecule has 176 valence electrons. The molecule has 2 fully saturated rings. The lowest BCUT2D eigenvalue weighted by Gasteiger charge is -2.36. The lowest BCUT2D eigenvalue weighted by Crippen LogP contribution is -2.57. The summed E-state index contributed by atoms with van der Waals surface area (Å²) in [5.74, 6) is 0.234. The van der Waals surface area contributed by atoms with Gasteiger partial charge >= 0.3 is 0 Å². The quantitative estimate of drug-likeness (QED) is 0.633. The fourth-order valence-corrected chi connectivity index (χ4v) is 6.01. The number of fused-ring (bicyclic) bond motifs is 2. The average molecular weight is 450 g/mol. The number of aliphatic imine (C=N–C) groups is 1. The topological polar surface area (TPSA) is 89.6 Å². The van der Waals surface area contributed by atoms with Gasteiger partial charge in [0.25, 0.3) is 0 Å². The highest BCUT2D eigenvalue weighted by atomic mass is 16.2. The molecule has 3 N–H and O–H groups in total. The van der Waals surface area contributed by atoms with E-state index in [4.69, 9.17) is 4.99 Å². The van der Waals surface area contributed by atoms with Crippen molar-refractivity contribution in [3.8, 4) is 0 Å². The molecule has 33 heavy (non-hydrogen) atoms. The summed E-state index contributed by atoms with van der Waals surface area (Å²) in [6.07, 6.45) is 10.4. The smallest absolute Gasteiger partial charge is 0.245 e. The van der Waals surface area contributed by atoms with Gasteiger partial charge in [-0.15, -0.1) is 0 Å². The highest BCUT2D eigenvalue weighted by molar-refractivity contribution is 5.92. The monoisotopic (exact) mass is 449 g/mol. The number of H-pyrrole nitrogens is 1. The first-order valence-corrected chi connectivity index (χ1v) is 12.5. The summed E-state index contributed by atoms with van der Waals surface area (Å²) in [6.45, 7) is 2.53. The third-order valence-corrected chi connectivity index (χ3v) is 8.00. The van der Waals surface area contributed by atoms with Crippen LogP contribution in [0.2, 0.25) is 0 Å². The second-order valence-electron chi connectivity index (χ2n) is 9.89. The molecule has 1 aromatic carbocycles. The molecular weight excluding hydrogens is 414 g/mol. The van der Waals surface area contributed by atoms with Crippen LogP contribution in [0.15, 0.2) is 35.5 Å². The molecule has 3 heterocycles. The molecule has 7 heteroatoms. The molecule has 2 aromatic rings. The van der Waals surface area contributed by atoms with Crippen molar-refractivity contribution >= 4 is 28.9 Å². The van der Waals surface area contributed by atoms with Crippen molar-refractivity contribution in [2.75, 3.05) is 13.6 Å². The van der Waals surface area contributed by atoms with E-state index in [2.05, 4.69) is 40.0 Å². The Labute approximate surface area is 195 Å². The van der Waals surface area contributed by atoms with E-state index in [-0.39, 0.29) is 41.8 Å². The van der Waals surface area contributed by atoms with Gasteiger partial charge in [-0.1, -0.05) is 37.5 Å². The van der Waals surface area contributed by atoms with Gasteiger partial charge in [0.1, 0.15) is 6.04 Å². The van der Waals surface area contributed by atoms with E-state index >= 15 is 0 Å². The van der Waals surface area contributed by atoms with Gasteiger partial charge in [-0.2, -0.15) is 0 Å². The van der Waals surface area contributed by atoms with Crippen LogP contribution in [0.1, 0.15) is 56.9 Å². The molecule has 2 amide bonds. The Hall–Kier alpha value is -2.67. The number of nitrogens with one attached hydrogen (secondary N) is 3. The minimum atomic E-state index is -0.462. The Morgan fingerprint density at radius 3 is 2.73 bits per heavy atom. The Morgan fingerprint density at radius 2 is 1.94 bits per heavy atom. The first-order chi connectivity index (χ1) is 16.1. The SMILES string of the molecule is CN[C@@H](C)C(=O)N[C@H](C(=O)N1CC[C@H]2N=CC(c3c[nH]c4ccccc34)[C@H]21)C1CCCCC1. The number of likely N-dealkylation sites (tertiary alicyclic amines) is 1. The van der Waals surface area contributed by atoms with Crippen molar-refractivity contribution in [2.45, 2.75) is 75.5 Å². The van der Waals surface area contributed by atoms with Gasteiger partial charge in [0.2, 0.25) is 11.8 Å². The fourth-order valence-electron chi connectivity index (χ4n) is 6.01. The van der Waals surface area contributed by atoms with E-state index in [1.54, 1.807) is 7.05 Å². The number of rotatable bonds is 6. The van der Waals surface area contributed by atoms with E-state index in [1.807, 2.05) is 24.1 Å².